The van der Waals surface area contributed by atoms with Gasteiger partial charge in [0.15, 0.2) is 0 Å². The summed E-state index contributed by atoms with van der Waals surface area (Å²) in [6, 6.07) is 11.9. The number of piperidine rings is 1. The first kappa shape index (κ1) is 28.3. The first-order valence-corrected chi connectivity index (χ1v) is 14.1. The first-order chi connectivity index (χ1) is 16.9. The van der Waals surface area contributed by atoms with Gasteiger partial charge in [0, 0.05) is 45.8 Å². The fraction of sp³-hybridized carbons (Fsp3) is 0.536. The van der Waals surface area contributed by atoms with E-state index in [1.54, 1.807) is 13.1 Å². The van der Waals surface area contributed by atoms with E-state index in [0.29, 0.717) is 18.0 Å². The molecule has 2 aromatic rings. The second-order valence-electron chi connectivity index (χ2n) is 10.9. The van der Waals surface area contributed by atoms with E-state index in [4.69, 9.17) is 0 Å². The third kappa shape index (κ3) is 6.35. The molecular formula is C28H42N4O3S. The van der Waals surface area contributed by atoms with Crippen LogP contribution in [0.15, 0.2) is 41.3 Å². The van der Waals surface area contributed by atoms with E-state index < -0.39 is 10.0 Å². The van der Waals surface area contributed by atoms with Gasteiger partial charge in [-0.2, -0.15) is 4.31 Å². The molecule has 3 N–H and O–H groups in total. The number of nitrogens with zero attached hydrogens (tertiary/aromatic N) is 1. The third-order valence-corrected chi connectivity index (χ3v) is 8.96. The average Bonchev–Trinajstić information content (AvgIpc) is 2.81. The Hall–Kier alpha value is -2.26. The van der Waals surface area contributed by atoms with Crippen LogP contribution in [-0.2, 0) is 20.2 Å². The molecule has 1 heterocycles. The Labute approximate surface area is 217 Å². The third-order valence-electron chi connectivity index (χ3n) is 7.04. The lowest BCUT2D eigenvalue weighted by Gasteiger charge is -2.34. The van der Waals surface area contributed by atoms with Crippen molar-refractivity contribution >= 4 is 21.6 Å². The molecule has 3 rings (SSSR count). The largest absolute Gasteiger partial charge is 0.326 e. The molecule has 0 radical (unpaired) electrons. The van der Waals surface area contributed by atoms with E-state index in [9.17, 15) is 13.2 Å². The molecule has 1 aliphatic heterocycles. The van der Waals surface area contributed by atoms with E-state index >= 15 is 0 Å². The number of carbonyl (C=O) groups excluding carboxylic acids is 1. The van der Waals surface area contributed by atoms with E-state index in [-0.39, 0.29) is 23.2 Å². The molecule has 2 unspecified atom stereocenters. The molecule has 0 spiro atoms. The Kier molecular flexibility index (Phi) is 8.98. The van der Waals surface area contributed by atoms with Crippen LogP contribution in [-0.4, -0.2) is 58.9 Å². The van der Waals surface area contributed by atoms with Crippen molar-refractivity contribution in [2.45, 2.75) is 63.2 Å². The van der Waals surface area contributed by atoms with Gasteiger partial charge in [-0.15, -0.1) is 0 Å². The zero-order chi connectivity index (χ0) is 26.7. The molecule has 36 heavy (non-hydrogen) atoms. The van der Waals surface area contributed by atoms with Crippen molar-refractivity contribution < 1.29 is 13.2 Å². The van der Waals surface area contributed by atoms with Gasteiger partial charge in [-0.05, 0) is 72.0 Å². The summed E-state index contributed by atoms with van der Waals surface area (Å²) in [6.07, 6.45) is 0.919. The van der Waals surface area contributed by atoms with E-state index in [1.807, 2.05) is 25.2 Å². The second-order valence-corrected chi connectivity index (χ2v) is 13.0. The Bertz CT molecular complexity index is 1190. The SMILES string of the molecule is CNCCN(C)S(=O)(=O)c1ccc(C2CNCC(c3c(C)cccc3NC(C)=O)C2)cc1C(C)(C)C. The van der Waals surface area contributed by atoms with Gasteiger partial charge in [-0.1, -0.05) is 45.0 Å². The molecule has 0 saturated carbocycles. The van der Waals surface area contributed by atoms with Crippen LogP contribution >= 0.6 is 0 Å². The van der Waals surface area contributed by atoms with Crippen LogP contribution in [0.25, 0.3) is 0 Å². The van der Waals surface area contributed by atoms with Crippen LogP contribution in [0, 0.1) is 6.92 Å². The Morgan fingerprint density at radius 2 is 1.83 bits per heavy atom. The van der Waals surface area contributed by atoms with Crippen molar-refractivity contribution in [3.8, 4) is 0 Å². The summed E-state index contributed by atoms with van der Waals surface area (Å²) < 4.78 is 28.3. The number of amides is 1. The monoisotopic (exact) mass is 514 g/mol. The van der Waals surface area contributed by atoms with Crippen molar-refractivity contribution in [3.63, 3.8) is 0 Å². The molecule has 0 bridgehead atoms. The molecule has 7 nitrogen and oxygen atoms in total. The highest BCUT2D eigenvalue weighted by molar-refractivity contribution is 7.89. The lowest BCUT2D eigenvalue weighted by atomic mass is 9.78. The molecule has 1 fully saturated rings. The zero-order valence-electron chi connectivity index (χ0n) is 22.7. The number of nitrogens with one attached hydrogen (secondary N) is 3. The highest BCUT2D eigenvalue weighted by atomic mass is 32.2. The number of likely N-dealkylation sites (N-methyl/N-ethyl adjacent to an activating group) is 2. The minimum Gasteiger partial charge on any atom is -0.326 e. The number of hydrogen-bond acceptors (Lipinski definition) is 5. The van der Waals surface area contributed by atoms with E-state index in [2.05, 4.69) is 55.8 Å². The number of sulfonamides is 1. The number of benzene rings is 2. The number of rotatable bonds is 8. The number of aryl methyl sites for hydroxylation is 1. The van der Waals surface area contributed by atoms with Gasteiger partial charge in [-0.25, -0.2) is 8.42 Å². The lowest BCUT2D eigenvalue weighted by Crippen LogP contribution is -2.35. The fourth-order valence-corrected chi connectivity index (χ4v) is 6.66. The van der Waals surface area contributed by atoms with Crippen LogP contribution in [0.1, 0.15) is 68.2 Å². The lowest BCUT2D eigenvalue weighted by molar-refractivity contribution is -0.114. The quantitative estimate of drug-likeness (QED) is 0.496. The molecule has 198 valence electrons. The van der Waals surface area contributed by atoms with Gasteiger partial charge in [0.1, 0.15) is 0 Å². The fourth-order valence-electron chi connectivity index (χ4n) is 5.11. The average molecular weight is 515 g/mol. The predicted molar refractivity (Wildman–Crippen MR) is 147 cm³/mol. The molecule has 8 heteroatoms. The molecule has 1 amide bonds. The molecular weight excluding hydrogens is 472 g/mol. The number of anilines is 1. The van der Waals surface area contributed by atoms with Crippen molar-refractivity contribution in [2.24, 2.45) is 0 Å². The standard InChI is InChI=1S/C28H42N4O3S/c1-19-9-8-10-25(31-20(2)33)27(19)23-15-22(17-30-18-23)21-11-12-26(24(16-21)28(3,4)5)36(34,35)32(7)14-13-29-6/h8-12,16,22-23,29-30H,13-15,17-18H2,1-7H3,(H,31,33). The van der Waals surface area contributed by atoms with Crippen LogP contribution in [0.3, 0.4) is 0 Å². The molecule has 1 saturated heterocycles. The minimum atomic E-state index is -3.61. The maximum absolute atomic E-state index is 13.4. The highest BCUT2D eigenvalue weighted by Crippen LogP contribution is 2.39. The smallest absolute Gasteiger partial charge is 0.243 e. The Morgan fingerprint density at radius 3 is 2.47 bits per heavy atom. The summed E-state index contributed by atoms with van der Waals surface area (Å²) in [7, 11) is -0.158. The van der Waals surface area contributed by atoms with Gasteiger partial charge < -0.3 is 16.0 Å². The first-order valence-electron chi connectivity index (χ1n) is 12.7. The molecule has 2 aromatic carbocycles. The topological polar surface area (TPSA) is 90.5 Å². The highest BCUT2D eigenvalue weighted by Gasteiger charge is 2.32. The second kappa shape index (κ2) is 11.4. The van der Waals surface area contributed by atoms with Crippen LogP contribution < -0.4 is 16.0 Å². The molecule has 1 aliphatic rings. The van der Waals surface area contributed by atoms with Gasteiger partial charge in [0.2, 0.25) is 15.9 Å². The van der Waals surface area contributed by atoms with E-state index in [1.165, 1.54) is 16.8 Å². The Morgan fingerprint density at radius 1 is 1.14 bits per heavy atom. The summed E-state index contributed by atoms with van der Waals surface area (Å²) in [5.74, 6) is 0.392. The van der Waals surface area contributed by atoms with Crippen LogP contribution in [0.2, 0.25) is 0 Å². The van der Waals surface area contributed by atoms with Gasteiger partial charge in [-0.3, -0.25) is 4.79 Å². The molecule has 0 aromatic heterocycles. The normalized spacial score (nSPS) is 18.9. The number of carbonyl (C=O) groups is 1. The van der Waals surface area contributed by atoms with Crippen molar-refractivity contribution in [1.82, 2.24) is 14.9 Å². The van der Waals surface area contributed by atoms with Crippen molar-refractivity contribution in [2.75, 3.05) is 45.6 Å². The molecule has 0 aliphatic carbocycles. The van der Waals surface area contributed by atoms with Crippen LogP contribution in [0.4, 0.5) is 5.69 Å². The summed E-state index contributed by atoms with van der Waals surface area (Å²) in [4.78, 5) is 12.2. The van der Waals surface area contributed by atoms with Gasteiger partial charge >= 0.3 is 0 Å². The number of hydrogen-bond donors (Lipinski definition) is 3. The predicted octanol–water partition coefficient (Wildman–Crippen LogP) is 3.95. The van der Waals surface area contributed by atoms with Gasteiger partial charge in [0.05, 0.1) is 4.90 Å². The summed E-state index contributed by atoms with van der Waals surface area (Å²) in [5.41, 5.74) is 4.85. The maximum Gasteiger partial charge on any atom is 0.243 e. The van der Waals surface area contributed by atoms with E-state index in [0.717, 1.165) is 41.9 Å². The zero-order valence-corrected chi connectivity index (χ0v) is 23.6. The van der Waals surface area contributed by atoms with Crippen LogP contribution in [0.5, 0.6) is 0 Å². The molecule has 2 atom stereocenters. The van der Waals surface area contributed by atoms with Crippen molar-refractivity contribution in [3.05, 3.63) is 58.7 Å². The van der Waals surface area contributed by atoms with Gasteiger partial charge in [0.25, 0.3) is 0 Å². The summed E-state index contributed by atoms with van der Waals surface area (Å²) >= 11 is 0. The summed E-state index contributed by atoms with van der Waals surface area (Å²) in [5, 5.41) is 9.61. The summed E-state index contributed by atoms with van der Waals surface area (Å²) in [6.45, 7) is 12.5. The van der Waals surface area contributed by atoms with Crippen molar-refractivity contribution in [1.29, 1.82) is 0 Å². The minimum absolute atomic E-state index is 0.0755. The maximum atomic E-state index is 13.4. The Balaban J connectivity index is 1.97.